The summed E-state index contributed by atoms with van der Waals surface area (Å²) in [5.41, 5.74) is 0. The molecule has 1 aliphatic rings. The minimum Gasteiger partial charge on any atom is -0.379 e. The molecule has 110 valence electrons. The fourth-order valence-electron chi connectivity index (χ4n) is 2.07. The minimum absolute atomic E-state index is 0.0508. The highest BCUT2D eigenvalue weighted by Crippen LogP contribution is 1.96. The van der Waals surface area contributed by atoms with E-state index in [0.717, 1.165) is 32.8 Å². The van der Waals surface area contributed by atoms with E-state index >= 15 is 0 Å². The third-order valence-electron chi connectivity index (χ3n) is 3.28. The molecule has 1 fully saturated rings. The third-order valence-corrected chi connectivity index (χ3v) is 3.28. The van der Waals surface area contributed by atoms with Crippen LogP contribution in [0.25, 0.3) is 0 Å². The van der Waals surface area contributed by atoms with E-state index in [9.17, 15) is 9.59 Å². The summed E-state index contributed by atoms with van der Waals surface area (Å²) in [4.78, 5) is 27.3. The summed E-state index contributed by atoms with van der Waals surface area (Å²) in [6, 6.07) is 0. The zero-order chi connectivity index (χ0) is 14.1. The van der Waals surface area contributed by atoms with Crippen LogP contribution in [0.15, 0.2) is 0 Å². The van der Waals surface area contributed by atoms with Crippen LogP contribution in [0.2, 0.25) is 0 Å². The molecule has 0 aromatic carbocycles. The van der Waals surface area contributed by atoms with Gasteiger partial charge in [-0.3, -0.25) is 14.5 Å². The maximum absolute atomic E-state index is 11.7. The molecule has 2 amide bonds. The van der Waals surface area contributed by atoms with Crippen molar-refractivity contribution in [1.29, 1.82) is 0 Å². The fourth-order valence-corrected chi connectivity index (χ4v) is 2.07. The number of carbonyl (C=O) groups excluding carboxylic acids is 2. The molecule has 6 nitrogen and oxygen atoms in total. The molecule has 0 bridgehead atoms. The van der Waals surface area contributed by atoms with Gasteiger partial charge in [-0.05, 0) is 13.8 Å². The number of morpholine rings is 1. The Bertz CT molecular complexity index is 287. The van der Waals surface area contributed by atoms with Crippen LogP contribution >= 0.6 is 0 Å². The van der Waals surface area contributed by atoms with Gasteiger partial charge in [-0.1, -0.05) is 0 Å². The summed E-state index contributed by atoms with van der Waals surface area (Å²) in [7, 11) is 0. The number of hydrogen-bond acceptors (Lipinski definition) is 4. The van der Waals surface area contributed by atoms with Gasteiger partial charge in [0.15, 0.2) is 0 Å². The molecule has 0 aliphatic carbocycles. The van der Waals surface area contributed by atoms with Crippen molar-refractivity contribution in [2.45, 2.75) is 20.3 Å². The van der Waals surface area contributed by atoms with Crippen LogP contribution in [0.5, 0.6) is 0 Å². The highest BCUT2D eigenvalue weighted by molar-refractivity contribution is 5.96. The van der Waals surface area contributed by atoms with Gasteiger partial charge in [0.05, 0.1) is 13.2 Å². The van der Waals surface area contributed by atoms with E-state index in [1.807, 2.05) is 13.8 Å². The smallest absolute Gasteiger partial charge is 0.231 e. The van der Waals surface area contributed by atoms with Gasteiger partial charge in [0, 0.05) is 39.3 Å². The van der Waals surface area contributed by atoms with Crippen molar-refractivity contribution in [3.05, 3.63) is 0 Å². The molecule has 19 heavy (non-hydrogen) atoms. The molecule has 1 saturated heterocycles. The van der Waals surface area contributed by atoms with Crippen molar-refractivity contribution in [3.63, 3.8) is 0 Å². The summed E-state index contributed by atoms with van der Waals surface area (Å²) in [5.74, 6) is -0.293. The summed E-state index contributed by atoms with van der Waals surface area (Å²) in [5, 5.41) is 2.80. The minimum atomic E-state index is -0.190. The molecule has 1 rings (SSSR count). The van der Waals surface area contributed by atoms with Gasteiger partial charge in [-0.15, -0.1) is 0 Å². The first kappa shape index (κ1) is 15.9. The van der Waals surface area contributed by atoms with Gasteiger partial charge in [-0.2, -0.15) is 0 Å². The largest absolute Gasteiger partial charge is 0.379 e. The molecule has 0 spiro atoms. The summed E-state index contributed by atoms with van der Waals surface area (Å²) in [6.45, 7) is 9.87. The zero-order valence-electron chi connectivity index (χ0n) is 12.0. The zero-order valence-corrected chi connectivity index (χ0v) is 12.0. The molecule has 0 radical (unpaired) electrons. The molecule has 1 N–H and O–H groups in total. The highest BCUT2D eigenvalue weighted by Gasteiger charge is 2.15. The molecule has 0 unspecified atom stereocenters. The van der Waals surface area contributed by atoms with Crippen LogP contribution in [-0.4, -0.2) is 74.1 Å². The van der Waals surface area contributed by atoms with Crippen molar-refractivity contribution >= 4 is 11.8 Å². The topological polar surface area (TPSA) is 61.9 Å². The molecule has 6 heteroatoms. The second-order valence-corrected chi connectivity index (χ2v) is 4.55. The first-order valence-electron chi connectivity index (χ1n) is 7.02. The Hall–Kier alpha value is -1.14. The molecule has 1 heterocycles. The van der Waals surface area contributed by atoms with Crippen LogP contribution in [0.1, 0.15) is 20.3 Å². The van der Waals surface area contributed by atoms with Crippen molar-refractivity contribution in [3.8, 4) is 0 Å². The lowest BCUT2D eigenvalue weighted by atomic mass is 10.3. The lowest BCUT2D eigenvalue weighted by Gasteiger charge is -2.26. The van der Waals surface area contributed by atoms with Gasteiger partial charge in [-0.25, -0.2) is 0 Å². The number of carbonyl (C=O) groups is 2. The summed E-state index contributed by atoms with van der Waals surface area (Å²) in [6.07, 6.45) is -0.0508. The maximum atomic E-state index is 11.7. The molecular formula is C13H25N3O3. The van der Waals surface area contributed by atoms with Gasteiger partial charge < -0.3 is 15.0 Å². The van der Waals surface area contributed by atoms with Crippen LogP contribution < -0.4 is 5.32 Å². The number of nitrogens with one attached hydrogen (secondary N) is 1. The SMILES string of the molecule is CCN(CC)C(=O)CC(=O)NCCN1CCOCC1. The Labute approximate surface area is 115 Å². The predicted octanol–water partition coefficient (Wildman–Crippen LogP) is -0.307. The number of rotatable bonds is 7. The second-order valence-electron chi connectivity index (χ2n) is 4.55. The lowest BCUT2D eigenvalue weighted by Crippen LogP contribution is -2.42. The summed E-state index contributed by atoms with van der Waals surface area (Å²) >= 11 is 0. The Morgan fingerprint density at radius 3 is 2.42 bits per heavy atom. The summed E-state index contributed by atoms with van der Waals surface area (Å²) < 4.78 is 5.25. The van der Waals surface area contributed by atoms with E-state index in [-0.39, 0.29) is 18.2 Å². The van der Waals surface area contributed by atoms with E-state index in [4.69, 9.17) is 4.74 Å². The van der Waals surface area contributed by atoms with E-state index in [1.165, 1.54) is 0 Å². The van der Waals surface area contributed by atoms with Crippen LogP contribution in [0, 0.1) is 0 Å². The van der Waals surface area contributed by atoms with Crippen molar-refractivity contribution in [1.82, 2.24) is 15.1 Å². The Kier molecular flexibility index (Phi) is 7.43. The van der Waals surface area contributed by atoms with Crippen molar-refractivity contribution < 1.29 is 14.3 Å². The van der Waals surface area contributed by atoms with Crippen LogP contribution in [0.3, 0.4) is 0 Å². The monoisotopic (exact) mass is 271 g/mol. The Morgan fingerprint density at radius 2 is 1.84 bits per heavy atom. The van der Waals surface area contributed by atoms with Crippen LogP contribution in [-0.2, 0) is 14.3 Å². The Balaban J connectivity index is 2.14. The quantitative estimate of drug-likeness (QED) is 0.645. The van der Waals surface area contributed by atoms with E-state index in [1.54, 1.807) is 4.90 Å². The fraction of sp³-hybridized carbons (Fsp3) is 0.846. The maximum Gasteiger partial charge on any atom is 0.231 e. The standard InChI is InChI=1S/C13H25N3O3/c1-3-16(4-2)13(18)11-12(17)14-5-6-15-7-9-19-10-8-15/h3-11H2,1-2H3,(H,14,17). The predicted molar refractivity (Wildman–Crippen MR) is 72.8 cm³/mol. The van der Waals surface area contributed by atoms with E-state index in [2.05, 4.69) is 10.2 Å². The molecule has 0 atom stereocenters. The highest BCUT2D eigenvalue weighted by atomic mass is 16.5. The molecule has 0 aromatic rings. The lowest BCUT2D eigenvalue weighted by molar-refractivity contribution is -0.135. The van der Waals surface area contributed by atoms with Gasteiger partial charge in [0.25, 0.3) is 0 Å². The first-order chi connectivity index (χ1) is 9.17. The third kappa shape index (κ3) is 6.02. The Morgan fingerprint density at radius 1 is 1.21 bits per heavy atom. The number of hydrogen-bond donors (Lipinski definition) is 1. The van der Waals surface area contributed by atoms with Crippen molar-refractivity contribution in [2.24, 2.45) is 0 Å². The van der Waals surface area contributed by atoms with E-state index in [0.29, 0.717) is 19.6 Å². The van der Waals surface area contributed by atoms with Crippen LogP contribution in [0.4, 0.5) is 0 Å². The number of ether oxygens (including phenoxy) is 1. The molecule has 0 aromatic heterocycles. The van der Waals surface area contributed by atoms with Gasteiger partial charge in [0.2, 0.25) is 11.8 Å². The van der Waals surface area contributed by atoms with Gasteiger partial charge >= 0.3 is 0 Å². The second kappa shape index (κ2) is 8.87. The van der Waals surface area contributed by atoms with E-state index < -0.39 is 0 Å². The molecule has 0 saturated carbocycles. The average Bonchev–Trinajstić information content (AvgIpc) is 2.41. The molecule has 1 aliphatic heterocycles. The first-order valence-corrected chi connectivity index (χ1v) is 7.02. The molecular weight excluding hydrogens is 246 g/mol. The number of amides is 2. The van der Waals surface area contributed by atoms with Gasteiger partial charge in [0.1, 0.15) is 6.42 Å². The normalized spacial score (nSPS) is 16.1. The average molecular weight is 271 g/mol. The number of nitrogens with zero attached hydrogens (tertiary/aromatic N) is 2. The van der Waals surface area contributed by atoms with Crippen molar-refractivity contribution in [2.75, 3.05) is 52.5 Å².